The molecular formula is C26H27N3O7. The summed E-state index contributed by atoms with van der Waals surface area (Å²) in [5.41, 5.74) is 0.602. The Morgan fingerprint density at radius 1 is 0.750 bits per heavy atom. The summed E-state index contributed by atoms with van der Waals surface area (Å²) in [6, 6.07) is 17.8. The molecule has 0 fully saturated rings. The van der Waals surface area contributed by atoms with E-state index in [-0.39, 0.29) is 74.9 Å². The van der Waals surface area contributed by atoms with E-state index in [0.717, 1.165) is 5.56 Å². The Labute approximate surface area is 207 Å². The van der Waals surface area contributed by atoms with E-state index in [9.17, 15) is 14.4 Å². The molecule has 0 spiro atoms. The molecule has 0 atom stereocenters. The molecule has 1 aliphatic rings. The summed E-state index contributed by atoms with van der Waals surface area (Å²) in [4.78, 5) is 37.2. The normalized spacial score (nSPS) is 14.9. The highest BCUT2D eigenvalue weighted by molar-refractivity contribution is 5.78. The first kappa shape index (κ1) is 24.6. The number of carbonyl (C=O) groups is 2. The first-order valence-electron chi connectivity index (χ1n) is 11.5. The van der Waals surface area contributed by atoms with E-state index >= 15 is 0 Å². The Hall–Kier alpha value is -4.47. The van der Waals surface area contributed by atoms with Crippen LogP contribution in [0.2, 0.25) is 0 Å². The largest absolute Gasteiger partial charge is 0.486 e. The Balaban J connectivity index is 1.51. The van der Waals surface area contributed by atoms with Crippen molar-refractivity contribution in [1.29, 1.82) is 0 Å². The number of ether oxygens (including phenoxy) is 4. The molecule has 4 rings (SSSR count). The van der Waals surface area contributed by atoms with Gasteiger partial charge < -0.3 is 34.1 Å². The smallest absolute Gasteiger partial charge is 0.292 e. The van der Waals surface area contributed by atoms with Crippen LogP contribution in [-0.2, 0) is 22.7 Å². The van der Waals surface area contributed by atoms with Crippen LogP contribution in [0.1, 0.15) is 5.56 Å². The van der Waals surface area contributed by atoms with E-state index in [2.05, 4.69) is 10.6 Å². The minimum atomic E-state index is -0.373. The standard InChI is InChI=1S/C26H27N3O7/c30-23-17-34-20-8-4-9-21(25(20)36-16-19-6-2-1-3-7-19)35-18-24(31)28-12-15-33-22-10-5-13-29(26(22)32)14-11-27-23/h1-10,13H,11-12,14-18H2,(H,27,30)(H,28,31). The van der Waals surface area contributed by atoms with Crippen molar-refractivity contribution in [1.82, 2.24) is 15.2 Å². The van der Waals surface area contributed by atoms with Gasteiger partial charge in [-0.15, -0.1) is 0 Å². The van der Waals surface area contributed by atoms with Crippen LogP contribution in [0.5, 0.6) is 23.0 Å². The molecule has 10 nitrogen and oxygen atoms in total. The first-order valence-corrected chi connectivity index (χ1v) is 11.5. The first-order chi connectivity index (χ1) is 17.6. The molecule has 2 N–H and O–H groups in total. The van der Waals surface area contributed by atoms with Crippen molar-refractivity contribution in [3.05, 3.63) is 82.8 Å². The molecule has 188 valence electrons. The summed E-state index contributed by atoms with van der Waals surface area (Å²) >= 11 is 0. The highest BCUT2D eigenvalue weighted by atomic mass is 16.5. The van der Waals surface area contributed by atoms with E-state index in [4.69, 9.17) is 18.9 Å². The van der Waals surface area contributed by atoms with Gasteiger partial charge in [-0.3, -0.25) is 14.4 Å². The monoisotopic (exact) mass is 493 g/mol. The van der Waals surface area contributed by atoms with Gasteiger partial charge in [-0.05, 0) is 29.8 Å². The van der Waals surface area contributed by atoms with Crippen LogP contribution in [-0.4, -0.2) is 49.3 Å². The number of carbonyl (C=O) groups excluding carboxylic acids is 2. The fourth-order valence-electron chi connectivity index (χ4n) is 3.45. The number of aromatic nitrogens is 1. The third-order valence-electron chi connectivity index (χ3n) is 5.23. The van der Waals surface area contributed by atoms with Crippen LogP contribution in [0, 0.1) is 0 Å². The molecule has 2 amide bonds. The lowest BCUT2D eigenvalue weighted by Crippen LogP contribution is -2.34. The number of para-hydroxylation sites is 1. The van der Waals surface area contributed by atoms with E-state index in [1.165, 1.54) is 4.57 Å². The SMILES string of the molecule is O=C1COc2cccc(c2OCc2ccccc2)OCC(=O)NCCn2cccc(c2=O)OCCN1. The average molecular weight is 494 g/mol. The van der Waals surface area contributed by atoms with Gasteiger partial charge in [-0.1, -0.05) is 36.4 Å². The van der Waals surface area contributed by atoms with Crippen molar-refractivity contribution in [2.75, 3.05) is 32.9 Å². The van der Waals surface area contributed by atoms with Crippen LogP contribution in [0.15, 0.2) is 71.7 Å². The third-order valence-corrected chi connectivity index (χ3v) is 5.23. The van der Waals surface area contributed by atoms with Gasteiger partial charge in [0.2, 0.25) is 5.75 Å². The lowest BCUT2D eigenvalue weighted by molar-refractivity contribution is -0.123. The summed E-state index contributed by atoms with van der Waals surface area (Å²) < 4.78 is 24.4. The Kier molecular flexibility index (Phi) is 8.42. The molecular weight excluding hydrogens is 466 g/mol. The summed E-state index contributed by atoms with van der Waals surface area (Å²) in [5, 5.41) is 5.42. The van der Waals surface area contributed by atoms with E-state index in [0.29, 0.717) is 11.5 Å². The second kappa shape index (κ2) is 12.3. The van der Waals surface area contributed by atoms with Gasteiger partial charge in [0.05, 0.1) is 6.54 Å². The minimum absolute atomic E-state index is 0.108. The number of rotatable bonds is 3. The quantitative estimate of drug-likeness (QED) is 0.568. The second-order valence-corrected chi connectivity index (χ2v) is 7.85. The molecule has 3 aromatic rings. The van der Waals surface area contributed by atoms with Crippen LogP contribution in [0.25, 0.3) is 0 Å². The predicted molar refractivity (Wildman–Crippen MR) is 130 cm³/mol. The van der Waals surface area contributed by atoms with E-state index in [1.807, 2.05) is 30.3 Å². The topological polar surface area (TPSA) is 117 Å². The summed E-state index contributed by atoms with van der Waals surface area (Å²) in [5.74, 6) is 0.304. The van der Waals surface area contributed by atoms with Crippen molar-refractivity contribution >= 4 is 11.8 Å². The molecule has 2 aromatic carbocycles. The molecule has 0 radical (unpaired) electrons. The van der Waals surface area contributed by atoms with E-state index in [1.54, 1.807) is 36.5 Å². The van der Waals surface area contributed by atoms with Gasteiger partial charge in [0.1, 0.15) is 13.2 Å². The average Bonchev–Trinajstić information content (AvgIpc) is 2.89. The minimum Gasteiger partial charge on any atom is -0.486 e. The highest BCUT2D eigenvalue weighted by Crippen LogP contribution is 2.37. The molecule has 1 aromatic heterocycles. The van der Waals surface area contributed by atoms with Crippen LogP contribution in [0.4, 0.5) is 0 Å². The predicted octanol–water partition coefficient (Wildman–Crippen LogP) is 1.51. The number of hydrogen-bond acceptors (Lipinski definition) is 7. The number of fused-ring (bicyclic) bond motifs is 4. The maximum absolute atomic E-state index is 12.5. The highest BCUT2D eigenvalue weighted by Gasteiger charge is 2.16. The molecule has 0 aliphatic carbocycles. The molecule has 1 aliphatic heterocycles. The number of hydrogen-bond donors (Lipinski definition) is 2. The van der Waals surface area contributed by atoms with Crippen molar-refractivity contribution in [3.63, 3.8) is 0 Å². The lowest BCUT2D eigenvalue weighted by atomic mass is 10.2. The Morgan fingerprint density at radius 2 is 1.42 bits per heavy atom. The molecule has 10 heteroatoms. The van der Waals surface area contributed by atoms with Gasteiger partial charge >= 0.3 is 0 Å². The second-order valence-electron chi connectivity index (χ2n) is 7.85. The number of amides is 2. The van der Waals surface area contributed by atoms with Crippen molar-refractivity contribution in [3.8, 4) is 23.0 Å². The zero-order chi connectivity index (χ0) is 25.2. The van der Waals surface area contributed by atoms with E-state index < -0.39 is 0 Å². The molecule has 4 bridgehead atoms. The zero-order valence-corrected chi connectivity index (χ0v) is 19.6. The number of nitrogens with one attached hydrogen (secondary N) is 2. The van der Waals surface area contributed by atoms with Gasteiger partial charge in [-0.25, -0.2) is 0 Å². The fraction of sp³-hybridized carbons (Fsp3) is 0.269. The summed E-state index contributed by atoms with van der Waals surface area (Å²) in [6.07, 6.45) is 1.61. The van der Waals surface area contributed by atoms with Crippen LogP contribution < -0.4 is 35.1 Å². The Morgan fingerprint density at radius 3 is 2.14 bits per heavy atom. The van der Waals surface area contributed by atoms with Gasteiger partial charge in [0, 0.05) is 19.3 Å². The van der Waals surface area contributed by atoms with Gasteiger partial charge in [0.15, 0.2) is 30.5 Å². The number of pyridine rings is 1. The van der Waals surface area contributed by atoms with Crippen molar-refractivity contribution < 1.29 is 28.5 Å². The van der Waals surface area contributed by atoms with Crippen LogP contribution >= 0.6 is 0 Å². The lowest BCUT2D eigenvalue weighted by Gasteiger charge is -2.17. The van der Waals surface area contributed by atoms with Crippen LogP contribution in [0.3, 0.4) is 0 Å². The van der Waals surface area contributed by atoms with Crippen molar-refractivity contribution in [2.45, 2.75) is 13.2 Å². The molecule has 0 saturated heterocycles. The zero-order valence-electron chi connectivity index (χ0n) is 19.6. The summed E-state index contributed by atoms with van der Waals surface area (Å²) in [6.45, 7) is 0.465. The molecule has 0 unspecified atom stereocenters. The third kappa shape index (κ3) is 6.78. The maximum atomic E-state index is 12.5. The van der Waals surface area contributed by atoms with Gasteiger partial charge in [-0.2, -0.15) is 0 Å². The number of nitrogens with zero attached hydrogens (tertiary/aromatic N) is 1. The molecule has 36 heavy (non-hydrogen) atoms. The van der Waals surface area contributed by atoms with Crippen molar-refractivity contribution in [2.24, 2.45) is 0 Å². The maximum Gasteiger partial charge on any atom is 0.292 e. The fourth-order valence-corrected chi connectivity index (χ4v) is 3.45. The Bertz CT molecular complexity index is 1240. The number of benzene rings is 2. The van der Waals surface area contributed by atoms with Gasteiger partial charge in [0.25, 0.3) is 17.4 Å². The summed E-state index contributed by atoms with van der Waals surface area (Å²) in [7, 11) is 0. The molecule has 2 heterocycles. The molecule has 0 saturated carbocycles.